The van der Waals surface area contributed by atoms with Crippen molar-refractivity contribution in [1.29, 1.82) is 0 Å². The Balaban J connectivity index is 2.34. The molecule has 1 aliphatic heterocycles. The van der Waals surface area contributed by atoms with Crippen LogP contribution < -0.4 is 5.32 Å². The summed E-state index contributed by atoms with van der Waals surface area (Å²) in [5, 5.41) is 12.8. The van der Waals surface area contributed by atoms with Gasteiger partial charge in [0.2, 0.25) is 0 Å². The van der Waals surface area contributed by atoms with Crippen LogP contribution in [0, 0.1) is 0 Å². The van der Waals surface area contributed by atoms with Crippen molar-refractivity contribution in [2.24, 2.45) is 0 Å². The van der Waals surface area contributed by atoms with Crippen molar-refractivity contribution in [3.8, 4) is 0 Å². The summed E-state index contributed by atoms with van der Waals surface area (Å²) in [6, 6.07) is 8.07. The number of hydrogen-bond donors (Lipinski definition) is 2. The van der Waals surface area contributed by atoms with Crippen LogP contribution in [0.4, 0.5) is 0 Å². The van der Waals surface area contributed by atoms with Gasteiger partial charge in [-0.05, 0) is 36.4 Å². The van der Waals surface area contributed by atoms with Gasteiger partial charge in [-0.15, -0.1) is 0 Å². The minimum atomic E-state index is -0.742. The molecule has 3 nitrogen and oxygen atoms in total. The summed E-state index contributed by atoms with van der Waals surface area (Å²) >= 11 is 0. The number of rotatable bonds is 3. The van der Waals surface area contributed by atoms with E-state index in [0.29, 0.717) is 12.5 Å². The minimum absolute atomic E-state index is 0.476. The number of aliphatic carboxylic acids is 1. The minimum Gasteiger partial charge on any atom is -0.481 e. The standard InChI is InChI=1S/C15H21NO2/c1-11(2)12-4-6-13(7-5-12)15(14(17)18)8-3-9-16-10-15/h4-7,11,16H,3,8-10H2,1-2H3,(H,17,18). The maximum atomic E-state index is 11.7. The predicted molar refractivity (Wildman–Crippen MR) is 71.9 cm³/mol. The Hall–Kier alpha value is -1.35. The fourth-order valence-electron chi connectivity index (χ4n) is 2.64. The molecule has 2 rings (SSSR count). The molecule has 1 aromatic rings. The number of nitrogens with one attached hydrogen (secondary N) is 1. The van der Waals surface area contributed by atoms with Gasteiger partial charge in [-0.25, -0.2) is 0 Å². The first-order chi connectivity index (χ1) is 8.56. The third-order valence-corrected chi connectivity index (χ3v) is 3.92. The van der Waals surface area contributed by atoms with Crippen molar-refractivity contribution in [2.75, 3.05) is 13.1 Å². The molecule has 1 heterocycles. The van der Waals surface area contributed by atoms with Crippen molar-refractivity contribution in [1.82, 2.24) is 5.32 Å². The SMILES string of the molecule is CC(C)c1ccc(C2(C(=O)O)CCCNC2)cc1. The highest BCUT2D eigenvalue weighted by molar-refractivity contribution is 5.82. The smallest absolute Gasteiger partial charge is 0.315 e. The van der Waals surface area contributed by atoms with Crippen LogP contribution >= 0.6 is 0 Å². The average molecular weight is 247 g/mol. The second-order valence-electron chi connectivity index (χ2n) is 5.44. The van der Waals surface area contributed by atoms with Crippen molar-refractivity contribution >= 4 is 5.97 Å². The van der Waals surface area contributed by atoms with Crippen LogP contribution in [0.5, 0.6) is 0 Å². The molecule has 0 amide bonds. The first kappa shape index (κ1) is 13.1. The summed E-state index contributed by atoms with van der Waals surface area (Å²) in [6.45, 7) is 5.73. The van der Waals surface area contributed by atoms with E-state index in [1.54, 1.807) is 0 Å². The number of carboxylic acid groups (broad SMARTS) is 1. The third kappa shape index (κ3) is 2.27. The topological polar surface area (TPSA) is 49.3 Å². The summed E-state index contributed by atoms with van der Waals surface area (Å²) in [4.78, 5) is 11.7. The molecule has 1 atom stereocenters. The molecule has 0 saturated carbocycles. The van der Waals surface area contributed by atoms with Crippen LogP contribution in [-0.4, -0.2) is 24.2 Å². The summed E-state index contributed by atoms with van der Waals surface area (Å²) in [6.07, 6.45) is 1.63. The van der Waals surface area contributed by atoms with E-state index in [9.17, 15) is 9.90 Å². The molecule has 1 unspecified atom stereocenters. The van der Waals surface area contributed by atoms with Crippen molar-refractivity contribution in [3.05, 3.63) is 35.4 Å². The molecule has 98 valence electrons. The van der Waals surface area contributed by atoms with Crippen molar-refractivity contribution in [3.63, 3.8) is 0 Å². The third-order valence-electron chi connectivity index (χ3n) is 3.92. The van der Waals surface area contributed by atoms with Crippen molar-refractivity contribution < 1.29 is 9.90 Å². The summed E-state index contributed by atoms with van der Waals surface area (Å²) in [5.74, 6) is -0.240. The zero-order valence-electron chi connectivity index (χ0n) is 11.1. The fourth-order valence-corrected chi connectivity index (χ4v) is 2.64. The molecular formula is C15H21NO2. The quantitative estimate of drug-likeness (QED) is 0.863. The van der Waals surface area contributed by atoms with Crippen LogP contribution in [-0.2, 0) is 10.2 Å². The van der Waals surface area contributed by atoms with E-state index >= 15 is 0 Å². The largest absolute Gasteiger partial charge is 0.481 e. The molecule has 18 heavy (non-hydrogen) atoms. The summed E-state index contributed by atoms with van der Waals surface area (Å²) < 4.78 is 0. The molecule has 1 aliphatic rings. The van der Waals surface area contributed by atoms with Gasteiger partial charge < -0.3 is 10.4 Å². The number of carbonyl (C=O) groups is 1. The molecule has 0 aliphatic carbocycles. The summed E-state index contributed by atoms with van der Waals surface area (Å²) in [7, 11) is 0. The van der Waals surface area contributed by atoms with Crippen molar-refractivity contribution in [2.45, 2.75) is 38.0 Å². The fraction of sp³-hybridized carbons (Fsp3) is 0.533. The highest BCUT2D eigenvalue weighted by atomic mass is 16.4. The van der Waals surface area contributed by atoms with Gasteiger partial charge in [0, 0.05) is 6.54 Å². The Bertz CT molecular complexity index is 417. The zero-order chi connectivity index (χ0) is 13.2. The maximum absolute atomic E-state index is 11.7. The molecule has 3 heteroatoms. The average Bonchev–Trinajstić information content (AvgIpc) is 2.39. The monoisotopic (exact) mass is 247 g/mol. The van der Waals surface area contributed by atoms with Gasteiger partial charge in [-0.2, -0.15) is 0 Å². The van der Waals surface area contributed by atoms with Crippen LogP contribution in [0.1, 0.15) is 43.7 Å². The van der Waals surface area contributed by atoms with E-state index in [4.69, 9.17) is 0 Å². The lowest BCUT2D eigenvalue weighted by molar-refractivity contribution is -0.144. The number of piperidine rings is 1. The second kappa shape index (κ2) is 5.11. The van der Waals surface area contributed by atoms with Crippen LogP contribution in [0.25, 0.3) is 0 Å². The summed E-state index contributed by atoms with van der Waals surface area (Å²) in [5.41, 5.74) is 1.43. The first-order valence-corrected chi connectivity index (χ1v) is 6.61. The van der Waals surface area contributed by atoms with Gasteiger partial charge in [0.15, 0.2) is 0 Å². The number of hydrogen-bond acceptors (Lipinski definition) is 2. The Morgan fingerprint density at radius 2 is 2.00 bits per heavy atom. The molecule has 2 N–H and O–H groups in total. The predicted octanol–water partition coefficient (Wildman–Crippen LogP) is 2.52. The second-order valence-corrected chi connectivity index (χ2v) is 5.44. The Morgan fingerprint density at radius 1 is 1.33 bits per heavy atom. The maximum Gasteiger partial charge on any atom is 0.315 e. The van der Waals surface area contributed by atoms with Crippen LogP contribution in [0.2, 0.25) is 0 Å². The molecule has 1 saturated heterocycles. The number of carboxylic acids is 1. The van der Waals surface area contributed by atoms with E-state index in [-0.39, 0.29) is 0 Å². The molecule has 0 radical (unpaired) electrons. The van der Waals surface area contributed by atoms with E-state index in [1.165, 1.54) is 5.56 Å². The van der Waals surface area contributed by atoms with Gasteiger partial charge in [0.1, 0.15) is 5.41 Å². The lowest BCUT2D eigenvalue weighted by atomic mass is 9.74. The molecule has 0 spiro atoms. The zero-order valence-corrected chi connectivity index (χ0v) is 11.1. The van der Waals surface area contributed by atoms with E-state index < -0.39 is 11.4 Å². The van der Waals surface area contributed by atoms with Crippen LogP contribution in [0.3, 0.4) is 0 Å². The van der Waals surface area contributed by atoms with Gasteiger partial charge in [-0.3, -0.25) is 4.79 Å². The van der Waals surface area contributed by atoms with Gasteiger partial charge in [0.05, 0.1) is 0 Å². The highest BCUT2D eigenvalue weighted by Gasteiger charge is 2.41. The Morgan fingerprint density at radius 3 is 2.44 bits per heavy atom. The molecule has 1 fully saturated rings. The van der Waals surface area contributed by atoms with Gasteiger partial charge in [-0.1, -0.05) is 38.1 Å². The molecule has 1 aromatic carbocycles. The lowest BCUT2D eigenvalue weighted by Gasteiger charge is -2.34. The van der Waals surface area contributed by atoms with Crippen LogP contribution in [0.15, 0.2) is 24.3 Å². The number of benzene rings is 1. The lowest BCUT2D eigenvalue weighted by Crippen LogP contribution is -2.49. The molecule has 0 bridgehead atoms. The first-order valence-electron chi connectivity index (χ1n) is 6.61. The molecule has 0 aromatic heterocycles. The van der Waals surface area contributed by atoms with E-state index in [2.05, 4.69) is 31.3 Å². The highest BCUT2D eigenvalue weighted by Crippen LogP contribution is 2.32. The Labute approximate surface area is 108 Å². The van der Waals surface area contributed by atoms with E-state index in [1.807, 2.05) is 12.1 Å². The van der Waals surface area contributed by atoms with Gasteiger partial charge in [0.25, 0.3) is 0 Å². The van der Waals surface area contributed by atoms with E-state index in [0.717, 1.165) is 24.9 Å². The molecular weight excluding hydrogens is 226 g/mol. The normalized spacial score (nSPS) is 24.2. The Kier molecular flexibility index (Phi) is 3.71. The van der Waals surface area contributed by atoms with Gasteiger partial charge >= 0.3 is 5.97 Å².